The lowest BCUT2D eigenvalue weighted by molar-refractivity contribution is -0.122. The molecule has 1 fully saturated rings. The SMILES string of the molecule is CCOc1ccccc1N1C(=O)C2C3C=C(Cl)C(c4ccccc43)C2C1=O. The lowest BCUT2D eigenvalue weighted by atomic mass is 9.60. The number of ether oxygens (including phenoxy) is 1. The molecule has 4 atom stereocenters. The fraction of sp³-hybridized carbons (Fsp3) is 0.273. The van der Waals surface area contributed by atoms with Crippen LogP contribution >= 0.6 is 11.6 Å². The van der Waals surface area contributed by atoms with E-state index in [4.69, 9.17) is 16.3 Å². The standard InChI is InChI=1S/C22H18ClNO3/c1-2-27-17-10-6-5-9-16(17)24-21(25)19-14-11-15(23)18(20(19)22(24)26)13-8-4-3-7-12(13)14/h3-11,14,18-20H,2H2,1H3. The molecule has 136 valence electrons. The molecule has 0 saturated carbocycles. The van der Waals surface area contributed by atoms with Crippen LogP contribution < -0.4 is 9.64 Å². The van der Waals surface area contributed by atoms with Crippen LogP contribution in [0.25, 0.3) is 0 Å². The van der Waals surface area contributed by atoms with Gasteiger partial charge in [0.25, 0.3) is 0 Å². The number of carbonyl (C=O) groups excluding carboxylic acids is 2. The molecule has 1 aliphatic heterocycles. The molecule has 6 rings (SSSR count). The third-order valence-corrected chi connectivity index (χ3v) is 6.24. The second kappa shape index (κ2) is 5.96. The summed E-state index contributed by atoms with van der Waals surface area (Å²) in [5.74, 6) is -1.08. The van der Waals surface area contributed by atoms with Crippen molar-refractivity contribution in [3.63, 3.8) is 0 Å². The van der Waals surface area contributed by atoms with Crippen molar-refractivity contribution in [1.82, 2.24) is 0 Å². The van der Waals surface area contributed by atoms with E-state index in [1.54, 1.807) is 12.1 Å². The Hall–Kier alpha value is -2.59. The maximum absolute atomic E-state index is 13.4. The molecule has 2 aromatic carbocycles. The van der Waals surface area contributed by atoms with Crippen molar-refractivity contribution in [1.29, 1.82) is 0 Å². The normalized spacial score (nSPS) is 28.1. The van der Waals surface area contributed by atoms with Crippen molar-refractivity contribution >= 4 is 29.1 Å². The number of anilines is 1. The Morgan fingerprint density at radius 1 is 0.963 bits per heavy atom. The summed E-state index contributed by atoms with van der Waals surface area (Å²) >= 11 is 6.55. The summed E-state index contributed by atoms with van der Waals surface area (Å²) in [5, 5.41) is 0.668. The summed E-state index contributed by atoms with van der Waals surface area (Å²) in [6.07, 6.45) is 1.96. The van der Waals surface area contributed by atoms with Crippen LogP contribution in [0, 0.1) is 11.8 Å². The van der Waals surface area contributed by atoms with E-state index in [-0.39, 0.29) is 23.7 Å². The van der Waals surface area contributed by atoms with Crippen LogP contribution in [-0.2, 0) is 9.59 Å². The van der Waals surface area contributed by atoms with Crippen molar-refractivity contribution in [2.24, 2.45) is 11.8 Å². The molecule has 4 aliphatic rings. The summed E-state index contributed by atoms with van der Waals surface area (Å²) < 4.78 is 5.67. The van der Waals surface area contributed by atoms with E-state index in [0.29, 0.717) is 23.1 Å². The first-order chi connectivity index (χ1) is 13.1. The van der Waals surface area contributed by atoms with Gasteiger partial charge in [0.1, 0.15) is 5.75 Å². The quantitative estimate of drug-likeness (QED) is 0.750. The highest BCUT2D eigenvalue weighted by Gasteiger charge is 2.60. The number of benzene rings is 2. The number of para-hydroxylation sites is 2. The van der Waals surface area contributed by atoms with Crippen molar-refractivity contribution in [3.05, 3.63) is 70.8 Å². The van der Waals surface area contributed by atoms with Gasteiger partial charge in [-0.15, -0.1) is 0 Å². The molecule has 1 heterocycles. The van der Waals surface area contributed by atoms with Crippen molar-refractivity contribution in [2.45, 2.75) is 18.8 Å². The van der Waals surface area contributed by atoms with Gasteiger partial charge < -0.3 is 4.74 Å². The molecule has 1 saturated heterocycles. The van der Waals surface area contributed by atoms with E-state index in [0.717, 1.165) is 11.1 Å². The van der Waals surface area contributed by atoms with Gasteiger partial charge in [0, 0.05) is 16.9 Å². The number of halogens is 1. The zero-order chi connectivity index (χ0) is 18.7. The molecule has 2 bridgehead atoms. The van der Waals surface area contributed by atoms with Crippen molar-refractivity contribution < 1.29 is 14.3 Å². The minimum Gasteiger partial charge on any atom is -0.492 e. The van der Waals surface area contributed by atoms with Crippen LogP contribution in [0.3, 0.4) is 0 Å². The van der Waals surface area contributed by atoms with Crippen molar-refractivity contribution in [3.8, 4) is 5.75 Å². The Kier molecular flexibility index (Phi) is 3.66. The number of amides is 2. The second-order valence-electron chi connectivity index (χ2n) is 7.15. The number of nitrogens with zero attached hydrogens (tertiary/aromatic N) is 1. The molecular formula is C22H18ClNO3. The van der Waals surface area contributed by atoms with Crippen LogP contribution in [0.1, 0.15) is 29.9 Å². The van der Waals surface area contributed by atoms with Crippen LogP contribution in [0.15, 0.2) is 59.6 Å². The maximum atomic E-state index is 13.4. The first kappa shape index (κ1) is 16.6. The Labute approximate surface area is 162 Å². The van der Waals surface area contributed by atoms with Gasteiger partial charge in [-0.1, -0.05) is 54.1 Å². The van der Waals surface area contributed by atoms with Crippen LogP contribution in [0.2, 0.25) is 0 Å². The number of imide groups is 1. The van der Waals surface area contributed by atoms with Gasteiger partial charge in [-0.3, -0.25) is 9.59 Å². The Bertz CT molecular complexity index is 999. The zero-order valence-corrected chi connectivity index (χ0v) is 15.5. The number of hydrogen-bond acceptors (Lipinski definition) is 3. The molecule has 5 heteroatoms. The predicted octanol–water partition coefficient (Wildman–Crippen LogP) is 4.21. The lowest BCUT2D eigenvalue weighted by Gasteiger charge is -2.42. The van der Waals surface area contributed by atoms with Crippen LogP contribution in [0.4, 0.5) is 5.69 Å². The smallest absolute Gasteiger partial charge is 0.238 e. The van der Waals surface area contributed by atoms with Gasteiger partial charge in [-0.25, -0.2) is 4.90 Å². The summed E-state index contributed by atoms with van der Waals surface area (Å²) in [4.78, 5) is 28.1. The number of carbonyl (C=O) groups is 2. The molecule has 3 aliphatic carbocycles. The molecule has 0 N–H and O–H groups in total. The van der Waals surface area contributed by atoms with Crippen LogP contribution in [0.5, 0.6) is 5.75 Å². The summed E-state index contributed by atoms with van der Waals surface area (Å²) in [7, 11) is 0. The fourth-order valence-corrected chi connectivity index (χ4v) is 5.26. The topological polar surface area (TPSA) is 46.6 Å². The highest BCUT2D eigenvalue weighted by Crippen LogP contribution is 2.59. The molecule has 0 radical (unpaired) electrons. The Balaban J connectivity index is 1.64. The van der Waals surface area contributed by atoms with Gasteiger partial charge in [0.05, 0.1) is 24.1 Å². The average Bonchev–Trinajstić information content (AvgIpc) is 2.94. The van der Waals surface area contributed by atoms with Gasteiger partial charge in [-0.2, -0.15) is 0 Å². The Morgan fingerprint density at radius 3 is 2.41 bits per heavy atom. The number of rotatable bonds is 3. The van der Waals surface area contributed by atoms with Crippen LogP contribution in [-0.4, -0.2) is 18.4 Å². The molecule has 2 aromatic rings. The predicted molar refractivity (Wildman–Crippen MR) is 103 cm³/mol. The Morgan fingerprint density at radius 2 is 1.63 bits per heavy atom. The minimum atomic E-state index is -0.454. The summed E-state index contributed by atoms with van der Waals surface area (Å²) in [5.41, 5.74) is 2.69. The third kappa shape index (κ3) is 2.16. The number of allylic oxidation sites excluding steroid dienone is 2. The van der Waals surface area contributed by atoms with E-state index in [1.807, 2.05) is 49.4 Å². The second-order valence-corrected chi connectivity index (χ2v) is 7.58. The minimum absolute atomic E-state index is 0.163. The van der Waals surface area contributed by atoms with E-state index in [1.165, 1.54) is 4.90 Å². The maximum Gasteiger partial charge on any atom is 0.238 e. The number of hydrogen-bond donors (Lipinski definition) is 0. The highest BCUT2D eigenvalue weighted by molar-refractivity contribution is 6.32. The van der Waals surface area contributed by atoms with Gasteiger partial charge in [0.15, 0.2) is 0 Å². The van der Waals surface area contributed by atoms with Gasteiger partial charge in [0.2, 0.25) is 11.8 Å². The molecule has 4 nitrogen and oxygen atoms in total. The average molecular weight is 380 g/mol. The molecular weight excluding hydrogens is 362 g/mol. The molecule has 2 amide bonds. The van der Waals surface area contributed by atoms with Gasteiger partial charge >= 0.3 is 0 Å². The first-order valence-corrected chi connectivity index (χ1v) is 9.57. The zero-order valence-electron chi connectivity index (χ0n) is 14.8. The highest BCUT2D eigenvalue weighted by atomic mass is 35.5. The van der Waals surface area contributed by atoms with E-state index in [9.17, 15) is 9.59 Å². The summed E-state index contributed by atoms with van der Waals surface area (Å²) in [6.45, 7) is 2.34. The van der Waals surface area contributed by atoms with E-state index in [2.05, 4.69) is 0 Å². The first-order valence-electron chi connectivity index (χ1n) is 9.19. The van der Waals surface area contributed by atoms with E-state index >= 15 is 0 Å². The largest absolute Gasteiger partial charge is 0.492 e. The van der Waals surface area contributed by atoms with Crippen molar-refractivity contribution in [2.75, 3.05) is 11.5 Å². The molecule has 4 unspecified atom stereocenters. The third-order valence-electron chi connectivity index (χ3n) is 5.88. The van der Waals surface area contributed by atoms with E-state index < -0.39 is 11.8 Å². The summed E-state index contributed by atoms with van der Waals surface area (Å²) in [6, 6.07) is 15.2. The van der Waals surface area contributed by atoms with Gasteiger partial charge in [-0.05, 0) is 30.2 Å². The molecule has 27 heavy (non-hydrogen) atoms. The fourth-order valence-electron chi connectivity index (χ4n) is 4.87. The monoisotopic (exact) mass is 379 g/mol. The molecule has 0 spiro atoms. The lowest BCUT2D eigenvalue weighted by Crippen LogP contribution is -2.38. The molecule has 0 aromatic heterocycles.